The van der Waals surface area contributed by atoms with Gasteiger partial charge < -0.3 is 15.0 Å². The molecule has 0 radical (unpaired) electrons. The predicted molar refractivity (Wildman–Crippen MR) is 114 cm³/mol. The highest BCUT2D eigenvalue weighted by Gasteiger charge is 2.35. The largest absolute Gasteiger partial charge is 0.440 e. The lowest BCUT2D eigenvalue weighted by Crippen LogP contribution is -2.33. The predicted octanol–water partition coefficient (Wildman–Crippen LogP) is 4.19. The summed E-state index contributed by atoms with van der Waals surface area (Å²) in [5, 5.41) is 9.77. The van der Waals surface area contributed by atoms with E-state index in [1.165, 1.54) is 0 Å². The fourth-order valence-electron chi connectivity index (χ4n) is 3.67. The maximum atomic E-state index is 13.6. The molecule has 1 aliphatic heterocycles. The zero-order valence-corrected chi connectivity index (χ0v) is 17.3. The lowest BCUT2D eigenvalue weighted by molar-refractivity contribution is 0.389. The Balaban J connectivity index is 1.96. The van der Waals surface area contributed by atoms with E-state index in [4.69, 9.17) is 10.5 Å². The Morgan fingerprint density at radius 1 is 1.17 bits per heavy atom. The first-order chi connectivity index (χ1) is 14.0. The molecule has 0 bridgehead atoms. The number of hydrogen-bond acceptors (Lipinski definition) is 4. The third-order valence-corrected chi connectivity index (χ3v) is 5.81. The van der Waals surface area contributed by atoms with E-state index in [9.17, 15) is 10.1 Å². The van der Waals surface area contributed by atoms with Gasteiger partial charge in [0.25, 0.3) is 5.56 Å². The van der Waals surface area contributed by atoms with Crippen LogP contribution in [0.5, 0.6) is 5.75 Å². The van der Waals surface area contributed by atoms with E-state index in [1.54, 1.807) is 4.57 Å². The fourth-order valence-corrected chi connectivity index (χ4v) is 4.18. The minimum atomic E-state index is -0.602. The van der Waals surface area contributed by atoms with Gasteiger partial charge in [-0.15, -0.1) is 0 Å². The molecule has 0 saturated carbocycles. The van der Waals surface area contributed by atoms with Gasteiger partial charge in [-0.05, 0) is 24.1 Å². The number of nitrogens with two attached hydrogens (primary N) is 1. The zero-order valence-electron chi connectivity index (χ0n) is 15.7. The second-order valence-corrected chi connectivity index (χ2v) is 7.74. The van der Waals surface area contributed by atoms with Gasteiger partial charge in [0.15, 0.2) is 0 Å². The molecule has 0 unspecified atom stereocenters. The molecule has 1 atom stereocenters. The first-order valence-electron chi connectivity index (χ1n) is 9.11. The lowest BCUT2D eigenvalue weighted by Gasteiger charge is -2.28. The zero-order chi connectivity index (χ0) is 20.5. The van der Waals surface area contributed by atoms with E-state index < -0.39 is 5.92 Å². The summed E-state index contributed by atoms with van der Waals surface area (Å²) in [6, 6.07) is 21.3. The van der Waals surface area contributed by atoms with Gasteiger partial charge in [-0.3, -0.25) is 4.79 Å². The molecule has 2 aromatic carbocycles. The van der Waals surface area contributed by atoms with E-state index >= 15 is 0 Å². The second kappa shape index (κ2) is 7.61. The average molecular weight is 448 g/mol. The molecule has 3 aromatic rings. The first kappa shape index (κ1) is 19.0. The number of aryl methyl sites for hydroxylation is 1. The normalized spacial score (nSPS) is 15.4. The summed E-state index contributed by atoms with van der Waals surface area (Å²) in [7, 11) is 0. The van der Waals surface area contributed by atoms with Crippen molar-refractivity contribution in [2.45, 2.75) is 19.4 Å². The number of halogens is 1. The fraction of sp³-hybridized carbons (Fsp3) is 0.130. The van der Waals surface area contributed by atoms with Crippen LogP contribution < -0.4 is 16.0 Å². The topological polar surface area (TPSA) is 81.0 Å². The number of hydrogen-bond donors (Lipinski definition) is 1. The highest BCUT2D eigenvalue weighted by atomic mass is 79.9. The van der Waals surface area contributed by atoms with Crippen LogP contribution in [0.1, 0.15) is 28.3 Å². The van der Waals surface area contributed by atoms with Crippen molar-refractivity contribution < 1.29 is 4.74 Å². The van der Waals surface area contributed by atoms with Gasteiger partial charge in [0, 0.05) is 16.2 Å². The quantitative estimate of drug-likeness (QED) is 0.652. The number of ether oxygens (including phenoxy) is 1. The number of aromatic nitrogens is 1. The van der Waals surface area contributed by atoms with Crippen LogP contribution in [-0.4, -0.2) is 4.57 Å². The molecule has 0 spiro atoms. The van der Waals surface area contributed by atoms with E-state index in [2.05, 4.69) is 22.0 Å². The molecule has 144 valence electrons. The van der Waals surface area contributed by atoms with E-state index in [-0.39, 0.29) is 17.0 Å². The number of benzene rings is 2. The van der Waals surface area contributed by atoms with Crippen LogP contribution in [0.4, 0.5) is 0 Å². The third kappa shape index (κ3) is 3.34. The van der Waals surface area contributed by atoms with Crippen molar-refractivity contribution >= 4 is 15.9 Å². The Kier molecular flexibility index (Phi) is 4.99. The van der Waals surface area contributed by atoms with Crippen LogP contribution in [0, 0.1) is 18.3 Å². The molecule has 29 heavy (non-hydrogen) atoms. The Morgan fingerprint density at radius 2 is 1.86 bits per heavy atom. The van der Waals surface area contributed by atoms with Crippen LogP contribution in [-0.2, 0) is 6.54 Å². The van der Waals surface area contributed by atoms with Crippen molar-refractivity contribution in [1.29, 1.82) is 5.26 Å². The van der Waals surface area contributed by atoms with Crippen LogP contribution in [0.2, 0.25) is 0 Å². The Bertz CT molecular complexity index is 1220. The van der Waals surface area contributed by atoms with Gasteiger partial charge in [0.2, 0.25) is 5.88 Å². The minimum absolute atomic E-state index is 0.0281. The Morgan fingerprint density at radius 3 is 2.55 bits per heavy atom. The van der Waals surface area contributed by atoms with Gasteiger partial charge in [0.1, 0.15) is 17.4 Å². The number of pyridine rings is 1. The number of allylic oxidation sites excluding steroid dienone is 1. The van der Waals surface area contributed by atoms with Crippen LogP contribution >= 0.6 is 15.9 Å². The van der Waals surface area contributed by atoms with Gasteiger partial charge in [0.05, 0.1) is 18.0 Å². The highest BCUT2D eigenvalue weighted by molar-refractivity contribution is 9.10. The van der Waals surface area contributed by atoms with Crippen molar-refractivity contribution in [2.75, 3.05) is 0 Å². The van der Waals surface area contributed by atoms with Crippen molar-refractivity contribution in [1.82, 2.24) is 4.57 Å². The molecular formula is C23H18BrN3O2. The van der Waals surface area contributed by atoms with Crippen molar-refractivity contribution in [3.63, 3.8) is 0 Å². The summed E-state index contributed by atoms with van der Waals surface area (Å²) < 4.78 is 8.21. The van der Waals surface area contributed by atoms with E-state index in [0.29, 0.717) is 17.9 Å². The van der Waals surface area contributed by atoms with Crippen molar-refractivity contribution in [2.24, 2.45) is 5.73 Å². The minimum Gasteiger partial charge on any atom is -0.440 e. The molecule has 4 rings (SSSR count). The Hall–Kier alpha value is -3.30. The summed E-state index contributed by atoms with van der Waals surface area (Å²) >= 11 is 3.55. The summed E-state index contributed by atoms with van der Waals surface area (Å²) in [4.78, 5) is 13.6. The van der Waals surface area contributed by atoms with Crippen molar-refractivity contribution in [3.05, 3.63) is 109 Å². The molecule has 0 amide bonds. The second-order valence-electron chi connectivity index (χ2n) is 6.89. The third-order valence-electron chi connectivity index (χ3n) is 5.09. The van der Waals surface area contributed by atoms with Gasteiger partial charge in [-0.25, -0.2) is 0 Å². The van der Waals surface area contributed by atoms with E-state index in [0.717, 1.165) is 21.3 Å². The standard InChI is InChI=1S/C23H18BrN3O2/c1-14-11-19-21(23(28)27(14)13-15-7-3-2-4-8-15)20(17(12-25)22(26)29-19)16-9-5-6-10-18(16)24/h2-11,20H,13,26H2,1H3/t20-/m0/s1. The molecule has 0 fully saturated rings. The van der Waals surface area contributed by atoms with Gasteiger partial charge >= 0.3 is 0 Å². The highest BCUT2D eigenvalue weighted by Crippen LogP contribution is 2.42. The molecule has 6 heteroatoms. The number of rotatable bonds is 3. The molecule has 1 aromatic heterocycles. The smallest absolute Gasteiger partial charge is 0.259 e. The monoisotopic (exact) mass is 447 g/mol. The van der Waals surface area contributed by atoms with Gasteiger partial charge in [-0.2, -0.15) is 5.26 Å². The molecule has 0 saturated heterocycles. The first-order valence-corrected chi connectivity index (χ1v) is 9.91. The van der Waals surface area contributed by atoms with Crippen LogP contribution in [0.25, 0.3) is 0 Å². The number of nitrogens with zero attached hydrogens (tertiary/aromatic N) is 2. The molecule has 5 nitrogen and oxygen atoms in total. The van der Waals surface area contributed by atoms with E-state index in [1.807, 2.05) is 67.6 Å². The molecule has 1 aliphatic rings. The maximum Gasteiger partial charge on any atom is 0.259 e. The lowest BCUT2D eigenvalue weighted by atomic mass is 9.84. The number of fused-ring (bicyclic) bond motifs is 1. The van der Waals surface area contributed by atoms with Crippen molar-refractivity contribution in [3.8, 4) is 11.8 Å². The summed E-state index contributed by atoms with van der Waals surface area (Å²) in [6.07, 6.45) is 0. The molecule has 0 aliphatic carbocycles. The molecule has 2 heterocycles. The Labute approximate surface area is 176 Å². The maximum absolute atomic E-state index is 13.6. The van der Waals surface area contributed by atoms with Gasteiger partial charge in [-0.1, -0.05) is 64.5 Å². The summed E-state index contributed by atoms with van der Waals surface area (Å²) in [5.41, 5.74) is 9.09. The summed E-state index contributed by atoms with van der Waals surface area (Å²) in [5.74, 6) is -0.177. The molecular weight excluding hydrogens is 430 g/mol. The average Bonchev–Trinajstić information content (AvgIpc) is 2.71. The van der Waals surface area contributed by atoms with Crippen LogP contribution in [0.15, 0.2) is 81.4 Å². The summed E-state index contributed by atoms with van der Waals surface area (Å²) in [6.45, 7) is 2.30. The SMILES string of the molecule is Cc1cc2c(c(=O)n1Cc1ccccc1)[C@@H](c1ccccc1Br)C(C#N)=C(N)O2. The van der Waals surface area contributed by atoms with Crippen LogP contribution in [0.3, 0.4) is 0 Å². The molecule has 2 N–H and O–H groups in total. The number of nitriles is 1.